The molecule has 2 aliphatic heterocycles. The molecule has 0 unspecified atom stereocenters. The lowest BCUT2D eigenvalue weighted by molar-refractivity contribution is -0.132. The third-order valence-corrected chi connectivity index (χ3v) is 7.46. The van der Waals surface area contributed by atoms with Crippen LogP contribution in [-0.4, -0.2) is 65.2 Å². The molecule has 0 aromatic heterocycles. The lowest BCUT2D eigenvalue weighted by Crippen LogP contribution is -2.52. The molecule has 1 saturated heterocycles. The van der Waals surface area contributed by atoms with E-state index in [1.54, 1.807) is 0 Å². The summed E-state index contributed by atoms with van der Waals surface area (Å²) in [6, 6.07) is 16.3. The maximum atomic E-state index is 13.1. The molecular formula is C28H37N3O3. The Balaban J connectivity index is 1.21. The molecule has 1 aliphatic carbocycles. The van der Waals surface area contributed by atoms with Gasteiger partial charge in [-0.15, -0.1) is 0 Å². The molecule has 182 valence electrons. The largest absolute Gasteiger partial charge is 0.485 e. The molecule has 6 nitrogen and oxygen atoms in total. The van der Waals surface area contributed by atoms with E-state index in [1.807, 2.05) is 36.9 Å². The molecule has 3 aliphatic rings. The number of aliphatic hydroxyl groups is 1. The highest BCUT2D eigenvalue weighted by atomic mass is 16.5. The zero-order valence-corrected chi connectivity index (χ0v) is 20.4. The molecule has 34 heavy (non-hydrogen) atoms. The smallest absolute Gasteiger partial charge is 0.227 e. The molecule has 2 atom stereocenters. The van der Waals surface area contributed by atoms with Crippen molar-refractivity contribution in [2.75, 3.05) is 32.7 Å². The molecule has 5 rings (SSSR count). The van der Waals surface area contributed by atoms with Crippen molar-refractivity contribution in [3.63, 3.8) is 0 Å². The summed E-state index contributed by atoms with van der Waals surface area (Å²) in [5, 5.41) is 14.6. The van der Waals surface area contributed by atoms with Crippen molar-refractivity contribution in [2.45, 2.75) is 57.4 Å². The SMILES string of the molecule is CC1(C)Oc2ccc(CC(=O)N3CCN(Cc4ccccc4)CC3)cc2[C@@H](NCC2CC2)[C@@H]1O. The van der Waals surface area contributed by atoms with Gasteiger partial charge in [-0.05, 0) is 62.4 Å². The van der Waals surface area contributed by atoms with Crippen LogP contribution in [0.1, 0.15) is 49.4 Å². The van der Waals surface area contributed by atoms with Gasteiger partial charge in [-0.1, -0.05) is 36.4 Å². The summed E-state index contributed by atoms with van der Waals surface area (Å²) < 4.78 is 6.13. The summed E-state index contributed by atoms with van der Waals surface area (Å²) in [6.45, 7) is 9.02. The van der Waals surface area contributed by atoms with Gasteiger partial charge in [0, 0.05) is 38.3 Å². The molecule has 2 fully saturated rings. The summed E-state index contributed by atoms with van der Waals surface area (Å²) in [5.74, 6) is 1.68. The van der Waals surface area contributed by atoms with Crippen LogP contribution in [0.2, 0.25) is 0 Å². The van der Waals surface area contributed by atoms with Crippen LogP contribution in [0.15, 0.2) is 48.5 Å². The molecule has 0 bridgehead atoms. The van der Waals surface area contributed by atoms with Crippen LogP contribution in [0.25, 0.3) is 0 Å². The first-order valence-corrected chi connectivity index (χ1v) is 12.7. The van der Waals surface area contributed by atoms with Gasteiger partial charge >= 0.3 is 0 Å². The van der Waals surface area contributed by atoms with Gasteiger partial charge in [0.25, 0.3) is 0 Å². The van der Waals surface area contributed by atoms with E-state index >= 15 is 0 Å². The van der Waals surface area contributed by atoms with Gasteiger partial charge in [-0.25, -0.2) is 0 Å². The summed E-state index contributed by atoms with van der Waals surface area (Å²) >= 11 is 0. The summed E-state index contributed by atoms with van der Waals surface area (Å²) in [6.07, 6.45) is 2.24. The number of hydrogen-bond acceptors (Lipinski definition) is 5. The van der Waals surface area contributed by atoms with E-state index in [0.29, 0.717) is 12.3 Å². The molecule has 1 amide bonds. The number of hydrogen-bond donors (Lipinski definition) is 2. The van der Waals surface area contributed by atoms with Crippen LogP contribution in [0.3, 0.4) is 0 Å². The molecule has 6 heteroatoms. The second-order valence-electron chi connectivity index (χ2n) is 10.7. The maximum Gasteiger partial charge on any atom is 0.227 e. The molecule has 0 radical (unpaired) electrons. The quantitative estimate of drug-likeness (QED) is 0.661. The van der Waals surface area contributed by atoms with Crippen LogP contribution in [0, 0.1) is 5.92 Å². The van der Waals surface area contributed by atoms with E-state index in [0.717, 1.165) is 56.1 Å². The predicted molar refractivity (Wildman–Crippen MR) is 133 cm³/mol. The Morgan fingerprint density at radius 2 is 1.79 bits per heavy atom. The second kappa shape index (κ2) is 9.68. The Hall–Kier alpha value is -2.41. The fourth-order valence-electron chi connectivity index (χ4n) is 5.08. The Labute approximate surface area is 202 Å². The van der Waals surface area contributed by atoms with E-state index in [1.165, 1.54) is 18.4 Å². The monoisotopic (exact) mass is 463 g/mol. The Morgan fingerprint density at radius 3 is 2.50 bits per heavy atom. The zero-order chi connectivity index (χ0) is 23.7. The number of rotatable bonds is 7. The van der Waals surface area contributed by atoms with Crippen molar-refractivity contribution < 1.29 is 14.6 Å². The lowest BCUT2D eigenvalue weighted by atomic mass is 9.85. The number of carbonyl (C=O) groups excluding carboxylic acids is 1. The number of piperazine rings is 1. The number of nitrogens with zero attached hydrogens (tertiary/aromatic N) is 2. The second-order valence-corrected chi connectivity index (χ2v) is 10.7. The maximum absolute atomic E-state index is 13.1. The Morgan fingerprint density at radius 1 is 1.06 bits per heavy atom. The third-order valence-electron chi connectivity index (χ3n) is 7.46. The number of ether oxygens (including phenoxy) is 1. The minimum Gasteiger partial charge on any atom is -0.485 e. The van der Waals surface area contributed by atoms with E-state index < -0.39 is 11.7 Å². The Bertz CT molecular complexity index is 997. The van der Waals surface area contributed by atoms with Crippen molar-refractivity contribution in [1.29, 1.82) is 0 Å². The molecular weight excluding hydrogens is 426 g/mol. The fraction of sp³-hybridized carbons (Fsp3) is 0.536. The molecule has 2 aromatic rings. The molecule has 1 saturated carbocycles. The average molecular weight is 464 g/mol. The topological polar surface area (TPSA) is 65.0 Å². The number of carbonyl (C=O) groups is 1. The van der Waals surface area contributed by atoms with Crippen molar-refractivity contribution in [2.24, 2.45) is 5.92 Å². The molecule has 0 spiro atoms. The van der Waals surface area contributed by atoms with E-state index in [-0.39, 0.29) is 11.9 Å². The first-order valence-electron chi connectivity index (χ1n) is 12.7. The first kappa shape index (κ1) is 23.3. The number of fused-ring (bicyclic) bond motifs is 1. The van der Waals surface area contributed by atoms with Crippen LogP contribution >= 0.6 is 0 Å². The molecule has 2 aromatic carbocycles. The molecule has 2 N–H and O–H groups in total. The number of amides is 1. The van der Waals surface area contributed by atoms with Crippen LogP contribution in [0.4, 0.5) is 0 Å². The van der Waals surface area contributed by atoms with Crippen LogP contribution in [0.5, 0.6) is 5.75 Å². The Kier molecular flexibility index (Phi) is 6.65. The lowest BCUT2D eigenvalue weighted by Gasteiger charge is -2.42. The number of nitrogens with one attached hydrogen (secondary N) is 1. The van der Waals surface area contributed by atoms with Gasteiger partial charge in [0.05, 0.1) is 12.5 Å². The minimum atomic E-state index is -0.662. The van der Waals surface area contributed by atoms with Crippen molar-refractivity contribution >= 4 is 5.91 Å². The predicted octanol–water partition coefficient (Wildman–Crippen LogP) is 3.15. The van der Waals surface area contributed by atoms with Crippen LogP contribution < -0.4 is 10.1 Å². The standard InChI is InChI=1S/C28H37N3O3/c1-28(2)27(33)26(29-18-20-8-9-20)23-16-22(10-11-24(23)34-28)17-25(32)31-14-12-30(13-15-31)19-21-6-4-3-5-7-21/h3-7,10-11,16,20,26-27,29,33H,8-9,12-15,17-19H2,1-2H3/t26-,27+/m1/s1. The van der Waals surface area contributed by atoms with Gasteiger partial charge < -0.3 is 20.1 Å². The zero-order valence-electron chi connectivity index (χ0n) is 20.4. The molecule has 2 heterocycles. The highest BCUT2D eigenvalue weighted by Gasteiger charge is 2.43. The van der Waals surface area contributed by atoms with Crippen molar-refractivity contribution in [1.82, 2.24) is 15.1 Å². The van der Waals surface area contributed by atoms with E-state index in [2.05, 4.69) is 40.5 Å². The summed E-state index contributed by atoms with van der Waals surface area (Å²) in [4.78, 5) is 17.5. The van der Waals surface area contributed by atoms with Gasteiger partial charge in [-0.3, -0.25) is 9.69 Å². The van der Waals surface area contributed by atoms with Crippen molar-refractivity contribution in [3.8, 4) is 5.75 Å². The van der Waals surface area contributed by atoms with Crippen molar-refractivity contribution in [3.05, 3.63) is 65.2 Å². The first-order chi connectivity index (χ1) is 16.4. The third kappa shape index (κ3) is 5.29. The van der Waals surface area contributed by atoms with Gasteiger partial charge in [0.15, 0.2) is 0 Å². The number of benzene rings is 2. The van der Waals surface area contributed by atoms with Gasteiger partial charge in [-0.2, -0.15) is 0 Å². The van der Waals surface area contributed by atoms with E-state index in [4.69, 9.17) is 4.74 Å². The van der Waals surface area contributed by atoms with Crippen LogP contribution in [-0.2, 0) is 17.8 Å². The normalized spacial score (nSPS) is 24.4. The summed E-state index contributed by atoms with van der Waals surface area (Å²) in [5.41, 5.74) is 2.59. The highest BCUT2D eigenvalue weighted by Crippen LogP contribution is 2.41. The van der Waals surface area contributed by atoms with E-state index in [9.17, 15) is 9.90 Å². The highest BCUT2D eigenvalue weighted by molar-refractivity contribution is 5.79. The number of aliphatic hydroxyl groups excluding tert-OH is 1. The summed E-state index contributed by atoms with van der Waals surface area (Å²) in [7, 11) is 0. The minimum absolute atomic E-state index is 0.166. The van der Waals surface area contributed by atoms with Gasteiger partial charge in [0.1, 0.15) is 17.5 Å². The average Bonchev–Trinajstić information content (AvgIpc) is 3.65. The van der Waals surface area contributed by atoms with Gasteiger partial charge in [0.2, 0.25) is 5.91 Å². The fourth-order valence-corrected chi connectivity index (χ4v) is 5.08.